The van der Waals surface area contributed by atoms with Crippen LogP contribution in [-0.4, -0.2) is 33.7 Å². The van der Waals surface area contributed by atoms with Gasteiger partial charge in [0.15, 0.2) is 15.8 Å². The van der Waals surface area contributed by atoms with Crippen molar-refractivity contribution in [2.75, 3.05) is 19.3 Å². The maximum Gasteiger partial charge on any atom is 0.191 e. The molecular weight excluding hydrogens is 346 g/mol. The summed E-state index contributed by atoms with van der Waals surface area (Å²) in [4.78, 5) is 4.96. The molecule has 2 N–H and O–H groups in total. The van der Waals surface area contributed by atoms with Crippen molar-refractivity contribution in [1.82, 2.24) is 10.6 Å². The van der Waals surface area contributed by atoms with Gasteiger partial charge in [-0.3, -0.25) is 0 Å². The van der Waals surface area contributed by atoms with Crippen LogP contribution in [0.15, 0.2) is 34.2 Å². The number of sulfone groups is 1. The van der Waals surface area contributed by atoms with Crippen LogP contribution in [0.25, 0.3) is 0 Å². The van der Waals surface area contributed by atoms with Crippen molar-refractivity contribution in [2.24, 2.45) is 16.8 Å². The molecule has 2 rings (SSSR count). The molecule has 1 aliphatic rings. The lowest BCUT2D eigenvalue weighted by molar-refractivity contribution is 0.270. The highest BCUT2D eigenvalue weighted by atomic mass is 32.2. The third-order valence-corrected chi connectivity index (χ3v) is 6.13. The van der Waals surface area contributed by atoms with Gasteiger partial charge in [-0.2, -0.15) is 0 Å². The van der Waals surface area contributed by atoms with Gasteiger partial charge in [-0.15, -0.1) is 0 Å². The molecule has 1 saturated carbocycles. The van der Waals surface area contributed by atoms with Gasteiger partial charge < -0.3 is 10.6 Å². The predicted molar refractivity (Wildman–Crippen MR) is 108 cm³/mol. The average Bonchev–Trinajstić information content (AvgIpc) is 2.59. The van der Waals surface area contributed by atoms with E-state index in [1.165, 1.54) is 38.4 Å². The maximum absolute atomic E-state index is 11.5. The van der Waals surface area contributed by atoms with Crippen LogP contribution in [0.3, 0.4) is 0 Å². The molecule has 2 atom stereocenters. The molecule has 6 heteroatoms. The molecule has 5 nitrogen and oxygen atoms in total. The van der Waals surface area contributed by atoms with E-state index >= 15 is 0 Å². The van der Waals surface area contributed by atoms with Gasteiger partial charge in [0.25, 0.3) is 0 Å². The zero-order valence-electron chi connectivity index (χ0n) is 16.3. The molecule has 0 amide bonds. The molecule has 0 radical (unpaired) electrons. The minimum Gasteiger partial charge on any atom is -0.357 e. The van der Waals surface area contributed by atoms with Crippen molar-refractivity contribution in [2.45, 2.75) is 57.4 Å². The van der Waals surface area contributed by atoms with E-state index in [0.717, 1.165) is 36.4 Å². The van der Waals surface area contributed by atoms with E-state index in [-0.39, 0.29) is 0 Å². The highest BCUT2D eigenvalue weighted by Gasteiger charge is 2.18. The first-order valence-electron chi connectivity index (χ1n) is 9.69. The molecule has 1 fully saturated rings. The largest absolute Gasteiger partial charge is 0.357 e. The van der Waals surface area contributed by atoms with Crippen LogP contribution in [0.1, 0.15) is 51.5 Å². The van der Waals surface area contributed by atoms with Crippen molar-refractivity contribution < 1.29 is 8.42 Å². The minimum atomic E-state index is -3.15. The first-order chi connectivity index (χ1) is 12.4. The van der Waals surface area contributed by atoms with Gasteiger partial charge in [-0.1, -0.05) is 38.3 Å². The van der Waals surface area contributed by atoms with Gasteiger partial charge in [-0.05, 0) is 49.3 Å². The Balaban J connectivity index is 1.85. The van der Waals surface area contributed by atoms with Crippen LogP contribution in [-0.2, 0) is 16.4 Å². The first-order valence-corrected chi connectivity index (χ1v) is 11.6. The molecule has 1 aromatic rings. The van der Waals surface area contributed by atoms with Crippen LogP contribution in [0.5, 0.6) is 0 Å². The van der Waals surface area contributed by atoms with E-state index in [1.807, 2.05) is 12.1 Å². The fourth-order valence-electron chi connectivity index (χ4n) is 3.57. The SMILES string of the molecule is CCNC(=NCc1ccc(S(C)(=O)=O)cc1)NCCC1CCCC(C)C1. The molecule has 1 aliphatic carbocycles. The molecule has 0 spiro atoms. The van der Waals surface area contributed by atoms with Gasteiger partial charge in [-0.25, -0.2) is 13.4 Å². The van der Waals surface area contributed by atoms with E-state index in [0.29, 0.717) is 11.4 Å². The van der Waals surface area contributed by atoms with E-state index in [2.05, 4.69) is 29.5 Å². The summed E-state index contributed by atoms with van der Waals surface area (Å²) in [5, 5.41) is 6.71. The molecule has 0 aromatic heterocycles. The van der Waals surface area contributed by atoms with Gasteiger partial charge >= 0.3 is 0 Å². The fraction of sp³-hybridized carbons (Fsp3) is 0.650. The number of hydrogen-bond acceptors (Lipinski definition) is 3. The predicted octanol–water partition coefficient (Wildman–Crippen LogP) is 3.36. The lowest BCUT2D eigenvalue weighted by Gasteiger charge is -2.26. The number of rotatable bonds is 7. The summed E-state index contributed by atoms with van der Waals surface area (Å²) in [6.07, 6.45) is 7.86. The highest BCUT2D eigenvalue weighted by molar-refractivity contribution is 7.90. The highest BCUT2D eigenvalue weighted by Crippen LogP contribution is 2.30. The van der Waals surface area contributed by atoms with E-state index in [9.17, 15) is 8.42 Å². The first kappa shape index (κ1) is 20.7. The minimum absolute atomic E-state index is 0.344. The number of nitrogens with one attached hydrogen (secondary N) is 2. The second kappa shape index (κ2) is 9.95. The summed E-state index contributed by atoms with van der Waals surface area (Å²) in [6, 6.07) is 6.94. The summed E-state index contributed by atoms with van der Waals surface area (Å²) in [5.41, 5.74) is 0.996. The zero-order chi connectivity index (χ0) is 19.0. The Morgan fingerprint density at radius 1 is 1.19 bits per heavy atom. The van der Waals surface area contributed by atoms with Gasteiger partial charge in [0.05, 0.1) is 11.4 Å². The molecular formula is C20H33N3O2S. The van der Waals surface area contributed by atoms with Crippen molar-refractivity contribution in [3.05, 3.63) is 29.8 Å². The van der Waals surface area contributed by atoms with Gasteiger partial charge in [0.2, 0.25) is 0 Å². The van der Waals surface area contributed by atoms with Crippen LogP contribution in [0, 0.1) is 11.8 Å². The van der Waals surface area contributed by atoms with Crippen LogP contribution >= 0.6 is 0 Å². The molecule has 0 heterocycles. The van der Waals surface area contributed by atoms with Crippen molar-refractivity contribution in [3.63, 3.8) is 0 Å². The molecule has 26 heavy (non-hydrogen) atoms. The Hall–Kier alpha value is -1.56. The topological polar surface area (TPSA) is 70.6 Å². The van der Waals surface area contributed by atoms with Crippen molar-refractivity contribution in [3.8, 4) is 0 Å². The van der Waals surface area contributed by atoms with Crippen molar-refractivity contribution in [1.29, 1.82) is 0 Å². The van der Waals surface area contributed by atoms with Crippen molar-refractivity contribution >= 4 is 15.8 Å². The fourth-order valence-corrected chi connectivity index (χ4v) is 4.20. The van der Waals surface area contributed by atoms with E-state index < -0.39 is 9.84 Å². The number of benzene rings is 1. The third-order valence-electron chi connectivity index (χ3n) is 5.01. The number of nitrogens with zero attached hydrogens (tertiary/aromatic N) is 1. The number of hydrogen-bond donors (Lipinski definition) is 2. The summed E-state index contributed by atoms with van der Waals surface area (Å²) in [5.74, 6) is 2.52. The Morgan fingerprint density at radius 2 is 1.92 bits per heavy atom. The van der Waals surface area contributed by atoms with Crippen LogP contribution in [0.2, 0.25) is 0 Å². The summed E-state index contributed by atoms with van der Waals surface area (Å²) in [6.45, 7) is 6.70. The molecule has 0 bridgehead atoms. The van der Waals surface area contributed by atoms with Gasteiger partial charge in [0, 0.05) is 19.3 Å². The monoisotopic (exact) mass is 379 g/mol. The number of guanidine groups is 1. The smallest absolute Gasteiger partial charge is 0.191 e. The second-order valence-corrected chi connectivity index (χ2v) is 9.48. The molecule has 2 unspecified atom stereocenters. The summed E-state index contributed by atoms with van der Waals surface area (Å²) in [7, 11) is -3.15. The normalized spacial score (nSPS) is 21.4. The molecule has 1 aromatic carbocycles. The van der Waals surface area contributed by atoms with Gasteiger partial charge in [0.1, 0.15) is 0 Å². The molecule has 0 saturated heterocycles. The Morgan fingerprint density at radius 3 is 2.54 bits per heavy atom. The number of aliphatic imine (C=N–C) groups is 1. The van der Waals surface area contributed by atoms with Crippen LogP contribution in [0.4, 0.5) is 0 Å². The van der Waals surface area contributed by atoms with E-state index in [1.54, 1.807) is 12.1 Å². The van der Waals surface area contributed by atoms with Crippen LogP contribution < -0.4 is 10.6 Å². The average molecular weight is 380 g/mol. The summed E-state index contributed by atoms with van der Waals surface area (Å²) >= 11 is 0. The molecule has 146 valence electrons. The Kier molecular flexibility index (Phi) is 7.94. The standard InChI is InChI=1S/C20H33N3O2S/c1-4-21-20(22-13-12-17-7-5-6-16(2)14-17)23-15-18-8-10-19(11-9-18)26(3,24)25/h8-11,16-17H,4-7,12-15H2,1-3H3,(H2,21,22,23). The third kappa shape index (κ3) is 6.98. The quantitative estimate of drug-likeness (QED) is 0.563. The lowest BCUT2D eigenvalue weighted by Crippen LogP contribution is -2.38. The van der Waals surface area contributed by atoms with E-state index in [4.69, 9.17) is 0 Å². The summed E-state index contributed by atoms with van der Waals surface area (Å²) < 4.78 is 23.0. The lowest BCUT2D eigenvalue weighted by atomic mass is 9.81. The maximum atomic E-state index is 11.5. The molecule has 0 aliphatic heterocycles. The second-order valence-electron chi connectivity index (χ2n) is 7.46. The Labute approximate surface area is 158 Å². The Bertz CT molecular complexity index is 684. The zero-order valence-corrected chi connectivity index (χ0v) is 17.1.